The summed E-state index contributed by atoms with van der Waals surface area (Å²) in [5.74, 6) is -4.03. The highest BCUT2D eigenvalue weighted by molar-refractivity contribution is 6.30. The molecule has 34 valence electrons. The van der Waals surface area contributed by atoms with Gasteiger partial charge in [0.25, 0.3) is 0 Å². The highest BCUT2D eigenvalue weighted by atomic mass is 16.4. The SMILES string of the molecule is [2H]C([2H])([2H])C(=O)C(=O)[O-]. The van der Waals surface area contributed by atoms with E-state index in [0.29, 0.717) is 0 Å². The first-order valence-electron chi connectivity index (χ1n) is 2.61. The number of hydrogen-bond donors (Lipinski definition) is 0. The molecule has 3 heteroatoms. The molecule has 0 heterocycles. The first-order chi connectivity index (χ1) is 3.85. The summed E-state index contributed by atoms with van der Waals surface area (Å²) in [6, 6.07) is 0. The van der Waals surface area contributed by atoms with Crippen molar-refractivity contribution in [3.63, 3.8) is 0 Å². The molecule has 0 N–H and O–H groups in total. The van der Waals surface area contributed by atoms with E-state index in [-0.39, 0.29) is 0 Å². The number of carboxylic acids is 1. The van der Waals surface area contributed by atoms with Crippen molar-refractivity contribution < 1.29 is 18.8 Å². The quantitative estimate of drug-likeness (QED) is 0.361. The molecule has 0 atom stereocenters. The predicted molar refractivity (Wildman–Crippen MR) is 15.7 cm³/mol. The Morgan fingerprint density at radius 2 is 2.33 bits per heavy atom. The molecule has 0 saturated heterocycles. The van der Waals surface area contributed by atoms with Crippen LogP contribution in [0.1, 0.15) is 11.0 Å². The minimum absolute atomic E-state index is 1.86. The molecule has 0 aliphatic heterocycles. The monoisotopic (exact) mass is 90.0 g/mol. The maximum absolute atomic E-state index is 9.94. The number of rotatable bonds is 1. The van der Waals surface area contributed by atoms with Crippen LogP contribution in [-0.2, 0) is 9.59 Å². The van der Waals surface area contributed by atoms with Crippen molar-refractivity contribution in [2.24, 2.45) is 0 Å². The molecule has 0 aromatic carbocycles. The fraction of sp³-hybridized carbons (Fsp3) is 0.333. The molecule has 3 nitrogen and oxygen atoms in total. The molecular weight excluding hydrogens is 84.0 g/mol. The zero-order valence-electron chi connectivity index (χ0n) is 5.72. The highest BCUT2D eigenvalue weighted by Crippen LogP contribution is 1.56. The van der Waals surface area contributed by atoms with Crippen LogP contribution >= 0.6 is 0 Å². The summed E-state index contributed by atoms with van der Waals surface area (Å²) >= 11 is 0. The van der Waals surface area contributed by atoms with E-state index >= 15 is 0 Å². The summed E-state index contributed by atoms with van der Waals surface area (Å²) in [6.07, 6.45) is 0. The van der Waals surface area contributed by atoms with Crippen LogP contribution < -0.4 is 5.11 Å². The number of carbonyl (C=O) groups excluding carboxylic acids is 2. The third kappa shape index (κ3) is 1.46. The molecule has 0 radical (unpaired) electrons. The van der Waals surface area contributed by atoms with E-state index in [1.165, 1.54) is 0 Å². The maximum Gasteiger partial charge on any atom is 0.175 e. The molecule has 0 bridgehead atoms. The molecule has 0 aromatic heterocycles. The fourth-order valence-corrected chi connectivity index (χ4v) is 0. The van der Waals surface area contributed by atoms with Gasteiger partial charge in [-0.05, 0) is 0 Å². The molecule has 0 rings (SSSR count). The second kappa shape index (κ2) is 1.55. The topological polar surface area (TPSA) is 57.2 Å². The van der Waals surface area contributed by atoms with Crippen molar-refractivity contribution in [3.05, 3.63) is 0 Å². The Balaban J connectivity index is 4.23. The normalized spacial score (nSPS) is 17.0. The fourth-order valence-electron chi connectivity index (χ4n) is 0. The van der Waals surface area contributed by atoms with Crippen molar-refractivity contribution in [2.75, 3.05) is 0 Å². The average molecular weight is 90.1 g/mol. The number of hydrogen-bond acceptors (Lipinski definition) is 3. The van der Waals surface area contributed by atoms with Crippen LogP contribution in [0, 0.1) is 0 Å². The van der Waals surface area contributed by atoms with Gasteiger partial charge in [0.15, 0.2) is 5.78 Å². The van der Waals surface area contributed by atoms with Gasteiger partial charge in [0.1, 0.15) is 5.97 Å². The summed E-state index contributed by atoms with van der Waals surface area (Å²) in [4.78, 5) is 19.5. The maximum atomic E-state index is 9.94. The van der Waals surface area contributed by atoms with Crippen molar-refractivity contribution in [2.45, 2.75) is 6.85 Å². The third-order valence-electron chi connectivity index (χ3n) is 0.185. The Labute approximate surface area is 38.8 Å². The molecule has 0 aliphatic carbocycles. The van der Waals surface area contributed by atoms with Gasteiger partial charge in [-0.2, -0.15) is 0 Å². The van der Waals surface area contributed by atoms with E-state index in [0.717, 1.165) is 0 Å². The lowest BCUT2D eigenvalue weighted by molar-refractivity contribution is -0.299. The van der Waals surface area contributed by atoms with Gasteiger partial charge in [-0.3, -0.25) is 4.79 Å². The van der Waals surface area contributed by atoms with Gasteiger partial charge in [0.2, 0.25) is 0 Å². The summed E-state index contributed by atoms with van der Waals surface area (Å²) in [7, 11) is 0. The zero-order chi connectivity index (χ0) is 7.65. The molecule has 0 aromatic rings. The Morgan fingerprint density at radius 3 is 2.33 bits per heavy atom. The molecule has 0 saturated carbocycles. The number of Topliss-reactive ketones (excluding diaryl/α,β-unsaturated/α-hetero) is 1. The predicted octanol–water partition coefficient (Wildman–Crippen LogP) is -1.67. The van der Waals surface area contributed by atoms with Crippen LogP contribution in [0.2, 0.25) is 0 Å². The van der Waals surface area contributed by atoms with E-state index in [2.05, 4.69) is 0 Å². The molecule has 0 fully saturated rings. The van der Waals surface area contributed by atoms with Crippen molar-refractivity contribution >= 4 is 11.8 Å². The number of carboxylic acid groups (broad SMARTS) is 1. The van der Waals surface area contributed by atoms with Gasteiger partial charge in [0.05, 0.1) is 0 Å². The lowest BCUT2D eigenvalue weighted by atomic mass is 10.5. The van der Waals surface area contributed by atoms with E-state index in [1.54, 1.807) is 0 Å². The highest BCUT2D eigenvalue weighted by Gasteiger charge is 1.85. The minimum atomic E-state index is -3.07. The number of aliphatic carboxylic acids is 1. The molecule has 0 spiro atoms. The lowest BCUT2D eigenvalue weighted by Crippen LogP contribution is -2.29. The molecule has 6 heavy (non-hydrogen) atoms. The van der Waals surface area contributed by atoms with Gasteiger partial charge in [0, 0.05) is 11.0 Å². The van der Waals surface area contributed by atoms with Crippen LogP contribution in [0.4, 0.5) is 0 Å². The standard InChI is InChI=1S/C3H4O3/c1-2(4)3(5)6/h1H3,(H,5,6)/p-1/i1D3. The first kappa shape index (κ1) is 1.73. The molecule has 0 unspecified atom stereocenters. The lowest BCUT2D eigenvalue weighted by Gasteiger charge is -1.87. The molecular formula is C3H3O3-. The van der Waals surface area contributed by atoms with E-state index in [9.17, 15) is 14.7 Å². The molecule has 0 amide bonds. The molecule has 0 aliphatic rings. The second-order valence-electron chi connectivity index (χ2n) is 0.617. The summed E-state index contributed by atoms with van der Waals surface area (Å²) in [5, 5.41) is 9.53. The van der Waals surface area contributed by atoms with Crippen molar-refractivity contribution in [1.29, 1.82) is 0 Å². The van der Waals surface area contributed by atoms with Gasteiger partial charge >= 0.3 is 0 Å². The van der Waals surface area contributed by atoms with E-state index in [4.69, 9.17) is 4.11 Å². The van der Waals surface area contributed by atoms with Crippen molar-refractivity contribution in [3.8, 4) is 0 Å². The van der Waals surface area contributed by atoms with Crippen LogP contribution in [-0.4, -0.2) is 11.8 Å². The largest absolute Gasteiger partial charge is 0.542 e. The van der Waals surface area contributed by atoms with Gasteiger partial charge in [-0.25, -0.2) is 0 Å². The van der Waals surface area contributed by atoms with Gasteiger partial charge in [-0.1, -0.05) is 0 Å². The van der Waals surface area contributed by atoms with Crippen LogP contribution in [0.15, 0.2) is 0 Å². The zero-order valence-corrected chi connectivity index (χ0v) is 2.72. The summed E-state index contributed by atoms with van der Waals surface area (Å²) in [5.41, 5.74) is 0. The number of ketones is 1. The Kier molecular flexibility index (Phi) is 0.445. The van der Waals surface area contributed by atoms with Crippen LogP contribution in [0.3, 0.4) is 0 Å². The van der Waals surface area contributed by atoms with Crippen LogP contribution in [0.5, 0.6) is 0 Å². The van der Waals surface area contributed by atoms with Gasteiger partial charge in [-0.15, -0.1) is 0 Å². The Bertz CT molecular complexity index is 147. The summed E-state index contributed by atoms with van der Waals surface area (Å²) in [6.45, 7) is -3.07. The second-order valence-corrected chi connectivity index (χ2v) is 0.617. The number of carbonyl (C=O) groups is 2. The summed E-state index contributed by atoms with van der Waals surface area (Å²) < 4.78 is 18.7. The van der Waals surface area contributed by atoms with Crippen LogP contribution in [0.25, 0.3) is 0 Å². The van der Waals surface area contributed by atoms with E-state index in [1.807, 2.05) is 0 Å². The smallest absolute Gasteiger partial charge is 0.175 e. The Hall–Kier alpha value is -0.860. The third-order valence-corrected chi connectivity index (χ3v) is 0.185. The Morgan fingerprint density at radius 1 is 1.83 bits per heavy atom. The van der Waals surface area contributed by atoms with E-state index < -0.39 is 18.6 Å². The average Bonchev–Trinajstić information content (AvgIpc) is 1.62. The van der Waals surface area contributed by atoms with Gasteiger partial charge < -0.3 is 9.90 Å². The minimum Gasteiger partial charge on any atom is -0.542 e. The van der Waals surface area contributed by atoms with Crippen molar-refractivity contribution in [1.82, 2.24) is 0 Å². The first-order valence-corrected chi connectivity index (χ1v) is 1.11.